The summed E-state index contributed by atoms with van der Waals surface area (Å²) in [6.45, 7) is 4.19. The van der Waals surface area contributed by atoms with Gasteiger partial charge in [-0.2, -0.15) is 0 Å². The van der Waals surface area contributed by atoms with E-state index in [9.17, 15) is 4.79 Å². The fourth-order valence-electron chi connectivity index (χ4n) is 1.78. The third-order valence-electron chi connectivity index (χ3n) is 2.84. The van der Waals surface area contributed by atoms with Gasteiger partial charge in [0, 0.05) is 6.20 Å². The van der Waals surface area contributed by atoms with Crippen molar-refractivity contribution in [2.45, 2.75) is 13.8 Å². The SMILES string of the molecule is CCOC(=O)c1cccnc1C=Cc1ccc(C)cc1.CNC. The molecule has 23 heavy (non-hydrogen) atoms. The first-order valence-electron chi connectivity index (χ1n) is 7.57. The van der Waals surface area contributed by atoms with Crippen molar-refractivity contribution >= 4 is 18.1 Å². The van der Waals surface area contributed by atoms with Crippen molar-refractivity contribution in [2.24, 2.45) is 0 Å². The maximum atomic E-state index is 11.8. The van der Waals surface area contributed by atoms with Gasteiger partial charge in [-0.1, -0.05) is 35.9 Å². The monoisotopic (exact) mass is 312 g/mol. The lowest BCUT2D eigenvalue weighted by Crippen LogP contribution is -2.07. The molecular weight excluding hydrogens is 288 g/mol. The van der Waals surface area contributed by atoms with Gasteiger partial charge in [-0.3, -0.25) is 4.98 Å². The number of carbonyl (C=O) groups excluding carboxylic acids is 1. The van der Waals surface area contributed by atoms with E-state index in [0.29, 0.717) is 17.9 Å². The van der Waals surface area contributed by atoms with E-state index < -0.39 is 0 Å². The van der Waals surface area contributed by atoms with Crippen LogP contribution in [0.4, 0.5) is 0 Å². The van der Waals surface area contributed by atoms with Crippen molar-refractivity contribution in [1.29, 1.82) is 0 Å². The van der Waals surface area contributed by atoms with Gasteiger partial charge in [-0.25, -0.2) is 4.79 Å². The van der Waals surface area contributed by atoms with E-state index >= 15 is 0 Å². The molecule has 0 aliphatic rings. The van der Waals surface area contributed by atoms with Crippen LogP contribution >= 0.6 is 0 Å². The summed E-state index contributed by atoms with van der Waals surface area (Å²) in [5, 5.41) is 2.75. The molecule has 0 saturated heterocycles. The van der Waals surface area contributed by atoms with Crippen LogP contribution in [0.3, 0.4) is 0 Å². The van der Waals surface area contributed by atoms with Crippen LogP contribution in [-0.2, 0) is 4.74 Å². The van der Waals surface area contributed by atoms with Crippen LogP contribution < -0.4 is 5.32 Å². The molecular formula is C19H24N2O2. The number of benzene rings is 1. The standard InChI is InChI=1S/C17H17NO2.C2H7N/c1-3-20-17(19)15-5-4-12-18-16(15)11-10-14-8-6-13(2)7-9-14;1-3-2/h4-12H,3H2,1-2H3;3H,1-2H3. The molecule has 0 unspecified atom stereocenters. The number of aryl methyl sites for hydroxylation is 1. The Bertz CT molecular complexity index is 634. The summed E-state index contributed by atoms with van der Waals surface area (Å²) in [4.78, 5) is 16.1. The molecule has 1 aromatic carbocycles. The van der Waals surface area contributed by atoms with Crippen molar-refractivity contribution in [2.75, 3.05) is 20.7 Å². The van der Waals surface area contributed by atoms with Crippen LogP contribution in [0.15, 0.2) is 42.6 Å². The summed E-state index contributed by atoms with van der Waals surface area (Å²) < 4.78 is 5.02. The Kier molecular flexibility index (Phi) is 8.32. The van der Waals surface area contributed by atoms with Crippen LogP contribution in [0.2, 0.25) is 0 Å². The number of aromatic nitrogens is 1. The topological polar surface area (TPSA) is 51.2 Å². The number of hydrogen-bond donors (Lipinski definition) is 1. The molecule has 0 fully saturated rings. The lowest BCUT2D eigenvalue weighted by atomic mass is 10.1. The van der Waals surface area contributed by atoms with E-state index in [-0.39, 0.29) is 5.97 Å². The molecule has 0 radical (unpaired) electrons. The minimum Gasteiger partial charge on any atom is -0.462 e. The van der Waals surface area contributed by atoms with Gasteiger partial charge in [0.2, 0.25) is 0 Å². The summed E-state index contributed by atoms with van der Waals surface area (Å²) in [5.41, 5.74) is 3.38. The molecule has 1 heterocycles. The Morgan fingerprint density at radius 2 is 1.83 bits per heavy atom. The van der Waals surface area contributed by atoms with Gasteiger partial charge in [-0.15, -0.1) is 0 Å². The van der Waals surface area contributed by atoms with Crippen LogP contribution in [0, 0.1) is 6.92 Å². The van der Waals surface area contributed by atoms with E-state index in [1.165, 1.54) is 5.56 Å². The van der Waals surface area contributed by atoms with Gasteiger partial charge in [0.1, 0.15) is 0 Å². The first-order chi connectivity index (χ1) is 11.1. The molecule has 0 aliphatic heterocycles. The zero-order valence-corrected chi connectivity index (χ0v) is 14.2. The minimum absolute atomic E-state index is 0.343. The van der Waals surface area contributed by atoms with Crippen LogP contribution in [0.5, 0.6) is 0 Å². The van der Waals surface area contributed by atoms with Crippen LogP contribution in [0.25, 0.3) is 12.2 Å². The molecule has 2 rings (SSSR count). The highest BCUT2D eigenvalue weighted by atomic mass is 16.5. The molecule has 0 spiro atoms. The lowest BCUT2D eigenvalue weighted by molar-refractivity contribution is 0.0525. The summed E-state index contributed by atoms with van der Waals surface area (Å²) >= 11 is 0. The average Bonchev–Trinajstić information content (AvgIpc) is 2.55. The van der Waals surface area contributed by atoms with Gasteiger partial charge in [-0.05, 0) is 51.7 Å². The fraction of sp³-hybridized carbons (Fsp3) is 0.263. The second-order valence-electron chi connectivity index (χ2n) is 4.90. The van der Waals surface area contributed by atoms with E-state index in [0.717, 1.165) is 5.56 Å². The number of esters is 1. The van der Waals surface area contributed by atoms with Crippen molar-refractivity contribution in [1.82, 2.24) is 10.3 Å². The zero-order chi connectivity index (χ0) is 17.1. The van der Waals surface area contributed by atoms with E-state index in [1.807, 2.05) is 57.4 Å². The Hall–Kier alpha value is -2.46. The number of rotatable bonds is 4. The van der Waals surface area contributed by atoms with Gasteiger partial charge >= 0.3 is 5.97 Å². The Balaban J connectivity index is 0.000000816. The van der Waals surface area contributed by atoms with Gasteiger partial charge in [0.25, 0.3) is 0 Å². The molecule has 0 saturated carbocycles. The minimum atomic E-state index is -0.343. The number of pyridine rings is 1. The molecule has 0 aliphatic carbocycles. The van der Waals surface area contributed by atoms with Crippen molar-refractivity contribution in [3.8, 4) is 0 Å². The van der Waals surface area contributed by atoms with E-state index in [2.05, 4.69) is 10.3 Å². The number of nitrogens with zero attached hydrogens (tertiary/aromatic N) is 1. The van der Waals surface area contributed by atoms with Crippen LogP contribution in [-0.4, -0.2) is 31.7 Å². The Labute approximate surface area is 138 Å². The molecule has 4 nitrogen and oxygen atoms in total. The number of carbonyl (C=O) groups is 1. The summed E-state index contributed by atoms with van der Waals surface area (Å²) in [6, 6.07) is 11.6. The highest BCUT2D eigenvalue weighted by Gasteiger charge is 2.10. The maximum absolute atomic E-state index is 11.8. The molecule has 0 atom stereocenters. The quantitative estimate of drug-likeness (QED) is 0.877. The average molecular weight is 312 g/mol. The Morgan fingerprint density at radius 1 is 1.17 bits per heavy atom. The molecule has 0 bridgehead atoms. The number of ether oxygens (including phenoxy) is 1. The molecule has 0 amide bonds. The molecule has 4 heteroatoms. The summed E-state index contributed by atoms with van der Waals surface area (Å²) in [7, 11) is 3.75. The Morgan fingerprint density at radius 3 is 2.43 bits per heavy atom. The molecule has 122 valence electrons. The summed E-state index contributed by atoms with van der Waals surface area (Å²) in [5.74, 6) is -0.343. The van der Waals surface area contributed by atoms with Crippen LogP contribution in [0.1, 0.15) is 34.1 Å². The number of hydrogen-bond acceptors (Lipinski definition) is 4. The lowest BCUT2D eigenvalue weighted by Gasteiger charge is -2.04. The van der Waals surface area contributed by atoms with E-state index in [4.69, 9.17) is 4.74 Å². The summed E-state index contributed by atoms with van der Waals surface area (Å²) in [6.07, 6.45) is 5.43. The van der Waals surface area contributed by atoms with Gasteiger partial charge < -0.3 is 10.1 Å². The van der Waals surface area contributed by atoms with E-state index in [1.54, 1.807) is 25.3 Å². The normalized spacial score (nSPS) is 10.1. The largest absolute Gasteiger partial charge is 0.462 e. The second-order valence-corrected chi connectivity index (χ2v) is 4.90. The van der Waals surface area contributed by atoms with Crippen molar-refractivity contribution in [3.05, 3.63) is 65.0 Å². The third-order valence-corrected chi connectivity index (χ3v) is 2.84. The first-order valence-corrected chi connectivity index (χ1v) is 7.57. The van der Waals surface area contributed by atoms with Gasteiger partial charge in [0.05, 0.1) is 17.9 Å². The van der Waals surface area contributed by atoms with Gasteiger partial charge in [0.15, 0.2) is 0 Å². The van der Waals surface area contributed by atoms with Crippen molar-refractivity contribution < 1.29 is 9.53 Å². The first kappa shape index (κ1) is 18.6. The predicted octanol–water partition coefficient (Wildman–Crippen LogP) is 3.57. The zero-order valence-electron chi connectivity index (χ0n) is 14.2. The molecule has 1 N–H and O–H groups in total. The predicted molar refractivity (Wildman–Crippen MR) is 95.3 cm³/mol. The third kappa shape index (κ3) is 6.45. The highest BCUT2D eigenvalue weighted by molar-refractivity contribution is 5.93. The number of nitrogens with one attached hydrogen (secondary N) is 1. The smallest absolute Gasteiger partial charge is 0.340 e. The second kappa shape index (κ2) is 10.3. The highest BCUT2D eigenvalue weighted by Crippen LogP contribution is 2.12. The van der Waals surface area contributed by atoms with Crippen molar-refractivity contribution in [3.63, 3.8) is 0 Å². The maximum Gasteiger partial charge on any atom is 0.340 e. The molecule has 1 aromatic heterocycles. The fourth-order valence-corrected chi connectivity index (χ4v) is 1.78. The molecule has 2 aromatic rings.